The number of nitrogens with zero attached hydrogens (tertiary/aromatic N) is 2. The van der Waals surface area contributed by atoms with Crippen molar-refractivity contribution in [2.24, 2.45) is 5.92 Å². The number of hydrogen-bond donors (Lipinski definition) is 1. The Hall–Kier alpha value is -0.900. The van der Waals surface area contributed by atoms with Gasteiger partial charge >= 0.3 is 0 Å². The zero-order valence-electron chi connectivity index (χ0n) is 10.8. The van der Waals surface area contributed by atoms with E-state index >= 15 is 0 Å². The van der Waals surface area contributed by atoms with Crippen LogP contribution in [0.5, 0.6) is 0 Å². The Balaban J connectivity index is 2.02. The van der Waals surface area contributed by atoms with Crippen LogP contribution in [0.2, 0.25) is 0 Å². The van der Waals surface area contributed by atoms with Crippen LogP contribution < -0.4 is 0 Å². The normalized spacial score (nSPS) is 29.5. The minimum atomic E-state index is -0.645. The van der Waals surface area contributed by atoms with Crippen LogP contribution in [0.1, 0.15) is 57.7 Å². The average molecular weight is 238 g/mol. The third kappa shape index (κ3) is 2.86. The van der Waals surface area contributed by atoms with E-state index in [9.17, 15) is 5.11 Å². The SMILES string of the molecule is CCCc1noc(C[C@]2(O)CCCC[C@H]2C)n1. The lowest BCUT2D eigenvalue weighted by molar-refractivity contribution is -0.0456. The summed E-state index contributed by atoms with van der Waals surface area (Å²) in [5.74, 6) is 1.66. The molecule has 2 atom stereocenters. The molecule has 0 spiro atoms. The lowest BCUT2D eigenvalue weighted by atomic mass is 9.74. The van der Waals surface area contributed by atoms with Gasteiger partial charge in [0.05, 0.1) is 12.0 Å². The van der Waals surface area contributed by atoms with E-state index in [1.165, 1.54) is 6.42 Å². The van der Waals surface area contributed by atoms with Gasteiger partial charge in [-0.1, -0.05) is 31.8 Å². The average Bonchev–Trinajstić information content (AvgIpc) is 2.71. The number of aromatic nitrogens is 2. The predicted molar refractivity (Wildman–Crippen MR) is 64.6 cm³/mol. The van der Waals surface area contributed by atoms with Crippen LogP contribution >= 0.6 is 0 Å². The standard InChI is InChI=1S/C13H22N2O2/c1-3-6-11-14-12(17-15-11)9-13(16)8-5-4-7-10(13)2/h10,16H,3-9H2,1-2H3/t10-,13-/m1/s1. The molecular weight excluding hydrogens is 216 g/mol. The Morgan fingerprint density at radius 3 is 3.00 bits per heavy atom. The van der Waals surface area contributed by atoms with Crippen LogP contribution in [0.3, 0.4) is 0 Å². The largest absolute Gasteiger partial charge is 0.389 e. The van der Waals surface area contributed by atoms with E-state index in [2.05, 4.69) is 24.0 Å². The molecule has 1 N–H and O–H groups in total. The summed E-state index contributed by atoms with van der Waals surface area (Å²) < 4.78 is 5.21. The molecule has 2 rings (SSSR count). The predicted octanol–water partition coefficient (Wildman–Crippen LogP) is 2.51. The van der Waals surface area contributed by atoms with Crippen molar-refractivity contribution < 1.29 is 9.63 Å². The highest BCUT2D eigenvalue weighted by molar-refractivity contribution is 4.97. The van der Waals surface area contributed by atoms with Crippen LogP contribution in [0.15, 0.2) is 4.52 Å². The third-order valence-electron chi connectivity index (χ3n) is 3.86. The Kier molecular flexibility index (Phi) is 3.82. The Bertz CT molecular complexity index is 364. The van der Waals surface area contributed by atoms with E-state index in [-0.39, 0.29) is 0 Å². The van der Waals surface area contributed by atoms with Crippen molar-refractivity contribution in [3.63, 3.8) is 0 Å². The highest BCUT2D eigenvalue weighted by Crippen LogP contribution is 2.35. The molecule has 1 aliphatic rings. The molecule has 0 aliphatic heterocycles. The molecule has 0 unspecified atom stereocenters. The minimum absolute atomic E-state index is 0.317. The second-order valence-electron chi connectivity index (χ2n) is 5.28. The second kappa shape index (κ2) is 5.17. The molecule has 1 aliphatic carbocycles. The fourth-order valence-corrected chi connectivity index (χ4v) is 2.61. The molecule has 1 aromatic rings. The molecule has 17 heavy (non-hydrogen) atoms. The molecule has 0 bridgehead atoms. The van der Waals surface area contributed by atoms with Gasteiger partial charge in [-0.3, -0.25) is 0 Å². The molecule has 1 fully saturated rings. The summed E-state index contributed by atoms with van der Waals surface area (Å²) in [5.41, 5.74) is -0.645. The molecule has 0 aromatic carbocycles. The van der Waals surface area contributed by atoms with Crippen molar-refractivity contribution in [3.8, 4) is 0 Å². The monoisotopic (exact) mass is 238 g/mol. The first-order valence-electron chi connectivity index (χ1n) is 6.68. The second-order valence-corrected chi connectivity index (χ2v) is 5.28. The molecule has 96 valence electrons. The minimum Gasteiger partial charge on any atom is -0.389 e. The molecular formula is C13H22N2O2. The van der Waals surface area contributed by atoms with E-state index < -0.39 is 5.60 Å². The van der Waals surface area contributed by atoms with E-state index in [1.54, 1.807) is 0 Å². The van der Waals surface area contributed by atoms with Crippen molar-refractivity contribution in [2.75, 3.05) is 0 Å². The van der Waals surface area contributed by atoms with Gasteiger partial charge in [0, 0.05) is 6.42 Å². The first-order valence-corrected chi connectivity index (χ1v) is 6.68. The van der Waals surface area contributed by atoms with Gasteiger partial charge < -0.3 is 9.63 Å². The van der Waals surface area contributed by atoms with Gasteiger partial charge in [0.2, 0.25) is 5.89 Å². The quantitative estimate of drug-likeness (QED) is 0.875. The number of aryl methyl sites for hydroxylation is 1. The zero-order chi connectivity index (χ0) is 12.3. The summed E-state index contributed by atoms with van der Waals surface area (Å²) in [4.78, 5) is 4.34. The third-order valence-corrected chi connectivity index (χ3v) is 3.86. The van der Waals surface area contributed by atoms with E-state index in [1.807, 2.05) is 0 Å². The van der Waals surface area contributed by atoms with Gasteiger partial charge in [-0.05, 0) is 25.2 Å². The van der Waals surface area contributed by atoms with Crippen LogP contribution in [0.4, 0.5) is 0 Å². The van der Waals surface area contributed by atoms with Crippen LogP contribution in [-0.2, 0) is 12.8 Å². The molecule has 4 heteroatoms. The maximum absolute atomic E-state index is 10.6. The van der Waals surface area contributed by atoms with Gasteiger partial charge in [-0.15, -0.1) is 0 Å². The van der Waals surface area contributed by atoms with Crippen LogP contribution in [-0.4, -0.2) is 20.8 Å². The topological polar surface area (TPSA) is 59.2 Å². The molecule has 1 heterocycles. The van der Waals surface area contributed by atoms with Gasteiger partial charge in [-0.2, -0.15) is 4.98 Å². The highest BCUT2D eigenvalue weighted by Gasteiger charge is 2.37. The van der Waals surface area contributed by atoms with Gasteiger partial charge in [0.15, 0.2) is 5.82 Å². The molecule has 0 amide bonds. The summed E-state index contributed by atoms with van der Waals surface area (Å²) >= 11 is 0. The Labute approximate surface area is 102 Å². The summed E-state index contributed by atoms with van der Waals surface area (Å²) in [7, 11) is 0. The number of hydrogen-bond acceptors (Lipinski definition) is 4. The van der Waals surface area contributed by atoms with E-state index in [0.29, 0.717) is 18.2 Å². The molecule has 4 nitrogen and oxygen atoms in total. The molecule has 0 saturated heterocycles. The smallest absolute Gasteiger partial charge is 0.229 e. The Morgan fingerprint density at radius 2 is 2.29 bits per heavy atom. The van der Waals surface area contributed by atoms with Gasteiger partial charge in [0.25, 0.3) is 0 Å². The summed E-state index contributed by atoms with van der Waals surface area (Å²) in [5, 5.41) is 14.5. The number of aliphatic hydroxyl groups is 1. The lowest BCUT2D eigenvalue weighted by Gasteiger charge is -2.37. The van der Waals surface area contributed by atoms with Crippen LogP contribution in [0, 0.1) is 5.92 Å². The van der Waals surface area contributed by atoms with Crippen molar-refractivity contribution >= 4 is 0 Å². The van der Waals surface area contributed by atoms with Crippen molar-refractivity contribution in [1.82, 2.24) is 10.1 Å². The highest BCUT2D eigenvalue weighted by atomic mass is 16.5. The summed E-state index contributed by atoms with van der Waals surface area (Å²) in [6.45, 7) is 4.20. The lowest BCUT2D eigenvalue weighted by Crippen LogP contribution is -2.41. The van der Waals surface area contributed by atoms with Crippen LogP contribution in [0.25, 0.3) is 0 Å². The summed E-state index contributed by atoms with van der Waals surface area (Å²) in [6, 6.07) is 0. The molecule has 1 saturated carbocycles. The molecule has 0 radical (unpaired) electrons. The Morgan fingerprint density at radius 1 is 1.47 bits per heavy atom. The van der Waals surface area contributed by atoms with Crippen molar-refractivity contribution in [3.05, 3.63) is 11.7 Å². The number of rotatable bonds is 4. The van der Waals surface area contributed by atoms with E-state index in [4.69, 9.17) is 4.52 Å². The maximum atomic E-state index is 10.6. The summed E-state index contributed by atoms with van der Waals surface area (Å²) in [6.07, 6.45) is 6.61. The van der Waals surface area contributed by atoms with Gasteiger partial charge in [-0.25, -0.2) is 0 Å². The maximum Gasteiger partial charge on any atom is 0.229 e. The van der Waals surface area contributed by atoms with Gasteiger partial charge in [0.1, 0.15) is 0 Å². The fraction of sp³-hybridized carbons (Fsp3) is 0.846. The first kappa shape index (κ1) is 12.6. The molecule has 1 aromatic heterocycles. The first-order chi connectivity index (χ1) is 8.14. The zero-order valence-corrected chi connectivity index (χ0v) is 10.8. The van der Waals surface area contributed by atoms with Crippen molar-refractivity contribution in [2.45, 2.75) is 64.4 Å². The fourth-order valence-electron chi connectivity index (χ4n) is 2.61. The van der Waals surface area contributed by atoms with E-state index in [0.717, 1.165) is 37.9 Å². The van der Waals surface area contributed by atoms with Crippen molar-refractivity contribution in [1.29, 1.82) is 0 Å².